The lowest BCUT2D eigenvalue weighted by atomic mass is 9.93. The van der Waals surface area contributed by atoms with Crippen molar-refractivity contribution in [3.05, 3.63) is 66.1 Å². The molecular formula is C16H13N3O. The molecule has 0 spiro atoms. The summed E-state index contributed by atoms with van der Waals surface area (Å²) in [5, 5.41) is 1.15. The molecule has 0 fully saturated rings. The van der Waals surface area contributed by atoms with Gasteiger partial charge in [0.2, 0.25) is 0 Å². The lowest BCUT2D eigenvalue weighted by Crippen LogP contribution is -2.08. The molecule has 4 heteroatoms. The number of hydrogen-bond acceptors (Lipinski definition) is 3. The molecule has 0 amide bonds. The monoisotopic (exact) mass is 263 g/mol. The van der Waals surface area contributed by atoms with Crippen LogP contribution in [0.2, 0.25) is 0 Å². The van der Waals surface area contributed by atoms with Crippen molar-refractivity contribution in [3.8, 4) is 5.75 Å². The first-order valence-corrected chi connectivity index (χ1v) is 6.55. The summed E-state index contributed by atoms with van der Waals surface area (Å²) in [5.74, 6) is 0.960. The van der Waals surface area contributed by atoms with Crippen molar-refractivity contribution >= 4 is 10.9 Å². The molecule has 20 heavy (non-hydrogen) atoms. The fourth-order valence-electron chi connectivity index (χ4n) is 2.67. The number of benzene rings is 1. The van der Waals surface area contributed by atoms with Crippen LogP contribution in [0.25, 0.3) is 10.9 Å². The number of fused-ring (bicyclic) bond motifs is 3. The van der Waals surface area contributed by atoms with Gasteiger partial charge in [-0.05, 0) is 19.1 Å². The second kappa shape index (κ2) is 4.20. The van der Waals surface area contributed by atoms with E-state index < -0.39 is 0 Å². The van der Waals surface area contributed by atoms with Crippen molar-refractivity contribution in [3.63, 3.8) is 0 Å². The summed E-state index contributed by atoms with van der Waals surface area (Å²) in [4.78, 5) is 12.1. The number of H-pyrrole nitrogens is 1. The van der Waals surface area contributed by atoms with Gasteiger partial charge in [-0.25, -0.2) is 0 Å². The maximum atomic E-state index is 5.72. The largest absolute Gasteiger partial charge is 0.463 e. The zero-order valence-corrected chi connectivity index (χ0v) is 11.0. The van der Waals surface area contributed by atoms with Gasteiger partial charge in [0.25, 0.3) is 0 Å². The Kier molecular flexibility index (Phi) is 2.36. The number of ether oxygens (including phenoxy) is 1. The van der Waals surface area contributed by atoms with Gasteiger partial charge in [0.1, 0.15) is 0 Å². The average molecular weight is 263 g/mol. The molecule has 0 saturated carbocycles. The van der Waals surface area contributed by atoms with E-state index in [2.05, 4.69) is 27.1 Å². The highest BCUT2D eigenvalue weighted by Crippen LogP contribution is 2.39. The van der Waals surface area contributed by atoms with Crippen LogP contribution in [0.15, 0.2) is 49.1 Å². The van der Waals surface area contributed by atoms with Crippen LogP contribution in [0.5, 0.6) is 5.75 Å². The predicted molar refractivity (Wildman–Crippen MR) is 76.7 cm³/mol. The summed E-state index contributed by atoms with van der Waals surface area (Å²) < 4.78 is 5.72. The molecule has 1 aliphatic rings. The topological polar surface area (TPSA) is 50.8 Å². The Bertz CT molecular complexity index is 819. The van der Waals surface area contributed by atoms with Crippen molar-refractivity contribution < 1.29 is 4.74 Å². The van der Waals surface area contributed by atoms with Crippen LogP contribution in [-0.4, -0.2) is 15.0 Å². The summed E-state index contributed by atoms with van der Waals surface area (Å²) in [6, 6.07) is 6.24. The smallest absolute Gasteiger partial charge is 0.154 e. The molecule has 0 aliphatic carbocycles. The molecule has 3 heterocycles. The molecule has 1 N–H and O–H groups in total. The summed E-state index contributed by atoms with van der Waals surface area (Å²) in [7, 11) is 0. The van der Waals surface area contributed by atoms with E-state index in [1.165, 1.54) is 0 Å². The molecule has 1 atom stereocenters. The van der Waals surface area contributed by atoms with Gasteiger partial charge in [0, 0.05) is 29.5 Å². The van der Waals surface area contributed by atoms with Gasteiger partial charge in [-0.3, -0.25) is 9.97 Å². The first-order chi connectivity index (χ1) is 9.83. The van der Waals surface area contributed by atoms with E-state index in [0.717, 1.165) is 33.6 Å². The lowest BCUT2D eigenvalue weighted by molar-refractivity contribution is 0.463. The molecule has 4 rings (SSSR count). The SMILES string of the molecule is Cc1cncc(C2C=COc3c2ccc2cc[nH]c32)n1. The van der Waals surface area contributed by atoms with Crippen LogP contribution in [0.1, 0.15) is 22.9 Å². The second-order valence-corrected chi connectivity index (χ2v) is 4.94. The van der Waals surface area contributed by atoms with Crippen molar-refractivity contribution in [1.29, 1.82) is 0 Å². The van der Waals surface area contributed by atoms with E-state index in [4.69, 9.17) is 4.74 Å². The molecule has 0 saturated heterocycles. The van der Waals surface area contributed by atoms with Crippen molar-refractivity contribution in [2.75, 3.05) is 0 Å². The van der Waals surface area contributed by atoms with Crippen LogP contribution in [0, 0.1) is 6.92 Å². The number of aryl methyl sites for hydroxylation is 1. The minimum absolute atomic E-state index is 0.0823. The highest BCUT2D eigenvalue weighted by atomic mass is 16.5. The van der Waals surface area contributed by atoms with Gasteiger partial charge in [-0.2, -0.15) is 0 Å². The van der Waals surface area contributed by atoms with E-state index in [-0.39, 0.29) is 5.92 Å². The Hall–Kier alpha value is -2.62. The van der Waals surface area contributed by atoms with Gasteiger partial charge < -0.3 is 9.72 Å². The quantitative estimate of drug-likeness (QED) is 0.732. The van der Waals surface area contributed by atoms with Crippen LogP contribution in [-0.2, 0) is 0 Å². The number of hydrogen-bond donors (Lipinski definition) is 1. The van der Waals surface area contributed by atoms with Gasteiger partial charge >= 0.3 is 0 Å². The molecule has 0 bridgehead atoms. The highest BCUT2D eigenvalue weighted by Gasteiger charge is 2.23. The molecule has 1 aromatic carbocycles. The molecule has 1 unspecified atom stereocenters. The molecule has 4 nitrogen and oxygen atoms in total. The zero-order chi connectivity index (χ0) is 13.5. The first-order valence-electron chi connectivity index (χ1n) is 6.55. The van der Waals surface area contributed by atoms with Crippen molar-refractivity contribution in [2.24, 2.45) is 0 Å². The number of nitrogens with one attached hydrogen (secondary N) is 1. The van der Waals surface area contributed by atoms with E-state index >= 15 is 0 Å². The summed E-state index contributed by atoms with van der Waals surface area (Å²) in [6.07, 6.45) is 9.25. The second-order valence-electron chi connectivity index (χ2n) is 4.94. The fourth-order valence-corrected chi connectivity index (χ4v) is 2.67. The van der Waals surface area contributed by atoms with Gasteiger partial charge in [0.15, 0.2) is 5.75 Å². The molecule has 98 valence electrons. The van der Waals surface area contributed by atoms with Gasteiger partial charge in [-0.15, -0.1) is 0 Å². The third kappa shape index (κ3) is 1.61. The number of allylic oxidation sites excluding steroid dienone is 1. The molecule has 0 radical (unpaired) electrons. The standard InChI is InChI=1S/C16H13N3O/c1-10-8-17-9-14(19-10)12-5-7-20-16-13(12)3-2-11-4-6-18-15(11)16/h2-9,12,18H,1H3. The van der Waals surface area contributed by atoms with Crippen LogP contribution in [0.4, 0.5) is 0 Å². The lowest BCUT2D eigenvalue weighted by Gasteiger charge is -2.21. The van der Waals surface area contributed by atoms with Crippen LogP contribution >= 0.6 is 0 Å². The highest BCUT2D eigenvalue weighted by molar-refractivity contribution is 5.87. The van der Waals surface area contributed by atoms with E-state index in [1.54, 1.807) is 12.5 Å². The normalized spacial score (nSPS) is 16.9. The van der Waals surface area contributed by atoms with Crippen LogP contribution < -0.4 is 4.74 Å². The Morgan fingerprint density at radius 2 is 2.15 bits per heavy atom. The maximum absolute atomic E-state index is 5.72. The Labute approximate surface area is 116 Å². The number of nitrogens with zero attached hydrogens (tertiary/aromatic N) is 2. The summed E-state index contributed by atoms with van der Waals surface area (Å²) in [5.41, 5.74) is 4.00. The number of aromatic nitrogens is 3. The Morgan fingerprint density at radius 1 is 1.20 bits per heavy atom. The van der Waals surface area contributed by atoms with Crippen LogP contribution in [0.3, 0.4) is 0 Å². The van der Waals surface area contributed by atoms with Gasteiger partial charge in [0.05, 0.1) is 29.1 Å². The van der Waals surface area contributed by atoms with Gasteiger partial charge in [-0.1, -0.05) is 12.1 Å². The van der Waals surface area contributed by atoms with E-state index in [0.29, 0.717) is 0 Å². The minimum atomic E-state index is 0.0823. The molecule has 2 aromatic heterocycles. The third-order valence-corrected chi connectivity index (χ3v) is 3.60. The van der Waals surface area contributed by atoms with Crippen molar-refractivity contribution in [1.82, 2.24) is 15.0 Å². The maximum Gasteiger partial charge on any atom is 0.154 e. The number of aromatic amines is 1. The Morgan fingerprint density at radius 3 is 3.05 bits per heavy atom. The molecule has 3 aromatic rings. The van der Waals surface area contributed by atoms with Crippen molar-refractivity contribution in [2.45, 2.75) is 12.8 Å². The fraction of sp³-hybridized carbons (Fsp3) is 0.125. The molecular weight excluding hydrogens is 250 g/mol. The number of rotatable bonds is 1. The zero-order valence-electron chi connectivity index (χ0n) is 11.0. The first kappa shape index (κ1) is 11.2. The minimum Gasteiger partial charge on any atom is -0.463 e. The molecule has 1 aliphatic heterocycles. The van der Waals surface area contributed by atoms with E-state index in [9.17, 15) is 0 Å². The average Bonchev–Trinajstić information content (AvgIpc) is 2.95. The Balaban J connectivity index is 1.92. The summed E-state index contributed by atoms with van der Waals surface area (Å²) in [6.45, 7) is 1.95. The summed E-state index contributed by atoms with van der Waals surface area (Å²) >= 11 is 0. The predicted octanol–water partition coefficient (Wildman–Crippen LogP) is 3.30. The third-order valence-electron chi connectivity index (χ3n) is 3.60. The van der Waals surface area contributed by atoms with E-state index in [1.807, 2.05) is 31.5 Å².